The van der Waals surface area contributed by atoms with E-state index < -0.39 is 47.9 Å². The molecule has 1 amide bonds. The number of allylic oxidation sites excluding steroid dienone is 1. The molecule has 0 radical (unpaired) electrons. The molecule has 8 nitrogen and oxygen atoms in total. The van der Waals surface area contributed by atoms with Crippen LogP contribution >= 0.6 is 0 Å². The van der Waals surface area contributed by atoms with E-state index in [2.05, 4.69) is 26.1 Å². The number of ketones is 1. The Balaban J connectivity index is 1.26. The molecule has 0 aromatic carbocycles. The average molecular weight is 480 g/mol. The summed E-state index contributed by atoms with van der Waals surface area (Å²) in [5, 5.41) is 24.4. The van der Waals surface area contributed by atoms with Crippen LogP contribution in [-0.2, 0) is 23.8 Å². The highest BCUT2D eigenvalue weighted by atomic mass is 16.7. The molecule has 0 aromatic rings. The minimum Gasteiger partial charge on any atom is -0.384 e. The molecule has 4 fully saturated rings. The Bertz CT molecular complexity index is 780. The molecule has 192 valence electrons. The van der Waals surface area contributed by atoms with E-state index in [9.17, 15) is 19.8 Å². The number of hydrogen-bond acceptors (Lipinski definition) is 7. The van der Waals surface area contributed by atoms with Gasteiger partial charge in [-0.3, -0.25) is 9.59 Å². The maximum absolute atomic E-state index is 12.6. The molecule has 0 bridgehead atoms. The number of amides is 1. The molecule has 4 aliphatic rings. The first kappa shape index (κ1) is 25.8. The highest BCUT2D eigenvalue weighted by Crippen LogP contribution is 2.62. The van der Waals surface area contributed by atoms with Gasteiger partial charge in [-0.1, -0.05) is 59.0 Å². The monoisotopic (exact) mass is 479 g/mol. The number of hydrogen-bond donors (Lipinski definition) is 3. The van der Waals surface area contributed by atoms with Gasteiger partial charge >= 0.3 is 0 Å². The van der Waals surface area contributed by atoms with Crippen molar-refractivity contribution in [2.75, 3.05) is 0 Å². The first-order chi connectivity index (χ1) is 16.1. The lowest BCUT2D eigenvalue weighted by atomic mass is 9.72. The van der Waals surface area contributed by atoms with Crippen LogP contribution in [0.25, 0.3) is 0 Å². The van der Waals surface area contributed by atoms with E-state index in [1.54, 1.807) is 6.08 Å². The summed E-state index contributed by atoms with van der Waals surface area (Å²) in [7, 11) is 0. The molecule has 4 rings (SSSR count). The van der Waals surface area contributed by atoms with Crippen molar-refractivity contribution in [3.8, 4) is 0 Å². The Morgan fingerprint density at radius 1 is 1.12 bits per heavy atom. The fourth-order valence-corrected chi connectivity index (χ4v) is 6.17. The number of nitrogens with one attached hydrogen (secondary N) is 1. The van der Waals surface area contributed by atoms with E-state index in [1.165, 1.54) is 39.0 Å². The zero-order valence-electron chi connectivity index (χ0n) is 20.9. The van der Waals surface area contributed by atoms with Crippen LogP contribution in [0.2, 0.25) is 0 Å². The van der Waals surface area contributed by atoms with E-state index in [-0.39, 0.29) is 18.1 Å². The van der Waals surface area contributed by atoms with Crippen molar-refractivity contribution in [2.45, 2.75) is 127 Å². The third-order valence-electron chi connectivity index (χ3n) is 7.92. The van der Waals surface area contributed by atoms with Gasteiger partial charge in [0.25, 0.3) is 0 Å². The van der Waals surface area contributed by atoms with Gasteiger partial charge in [0.1, 0.15) is 41.4 Å². The number of fused-ring (bicyclic) bond motifs is 4. The van der Waals surface area contributed by atoms with Gasteiger partial charge in [-0.2, -0.15) is 0 Å². The Hall–Kier alpha value is -1.32. The van der Waals surface area contributed by atoms with E-state index >= 15 is 0 Å². The maximum Gasteiger partial charge on any atom is 0.244 e. The van der Waals surface area contributed by atoms with Crippen molar-refractivity contribution in [3.63, 3.8) is 0 Å². The van der Waals surface area contributed by atoms with E-state index in [0.717, 1.165) is 6.42 Å². The predicted octanol–water partition coefficient (Wildman–Crippen LogP) is 2.40. The summed E-state index contributed by atoms with van der Waals surface area (Å²) in [6.45, 7) is 8.04. The quantitative estimate of drug-likeness (QED) is 0.223. The second-order valence-corrected chi connectivity index (χ2v) is 11.1. The fourth-order valence-electron chi connectivity index (χ4n) is 6.17. The number of Topliss-reactive ketones (excluding diaryl/α,β-unsaturated/α-hetero) is 1. The van der Waals surface area contributed by atoms with Gasteiger partial charge in [-0.25, -0.2) is 0 Å². The number of carbonyl (C=O) groups is 2. The highest BCUT2D eigenvalue weighted by Gasteiger charge is 2.83. The molecule has 1 saturated carbocycles. The highest BCUT2D eigenvalue weighted by molar-refractivity contribution is 5.87. The zero-order valence-corrected chi connectivity index (χ0v) is 20.9. The summed E-state index contributed by atoms with van der Waals surface area (Å²) in [5.74, 6) is 0.515. The summed E-state index contributed by atoms with van der Waals surface area (Å²) >= 11 is 0. The zero-order chi connectivity index (χ0) is 24.7. The minimum absolute atomic E-state index is 0.0333. The number of unbranched alkanes of at least 4 members (excludes halogenated alkanes) is 3. The largest absolute Gasteiger partial charge is 0.384 e. The molecule has 0 aromatic heterocycles. The summed E-state index contributed by atoms with van der Waals surface area (Å²) in [6, 6.07) is -0.598. The first-order valence-electron chi connectivity index (χ1n) is 13.0. The lowest BCUT2D eigenvalue weighted by Gasteiger charge is -2.33. The third-order valence-corrected chi connectivity index (χ3v) is 7.92. The second-order valence-electron chi connectivity index (χ2n) is 11.1. The Morgan fingerprint density at radius 3 is 2.41 bits per heavy atom. The smallest absolute Gasteiger partial charge is 0.244 e. The van der Waals surface area contributed by atoms with Crippen molar-refractivity contribution in [1.82, 2.24) is 5.32 Å². The standard InChI is InChI=1S/C26H41NO7/c1-5-6-7-8-9-15(2)12-16(3)10-11-19(29)27-18-14-26(34-24(18)30)22-20(32-22)25(31,13-17(4)28)21-23(26)33-21/h10-11,15-16,18,20-24,30-31H,5-9,12-14H2,1-4H3,(H,27,29)/b11-10+/t15?,16?,18-,20-,21+,22+,23-,24+,25?,26?/m0/s1. The Labute approximate surface area is 202 Å². The fraction of sp³-hybridized carbons (Fsp3) is 0.846. The maximum atomic E-state index is 12.6. The van der Waals surface area contributed by atoms with Gasteiger partial charge in [0.2, 0.25) is 5.91 Å². The minimum atomic E-state index is -1.35. The van der Waals surface area contributed by atoms with Gasteiger partial charge in [0, 0.05) is 12.8 Å². The van der Waals surface area contributed by atoms with Gasteiger partial charge in [0.05, 0.1) is 6.04 Å². The summed E-state index contributed by atoms with van der Waals surface area (Å²) in [5.41, 5.74) is -2.27. The van der Waals surface area contributed by atoms with Gasteiger partial charge in [-0.05, 0) is 31.3 Å². The van der Waals surface area contributed by atoms with Crippen LogP contribution in [0.4, 0.5) is 0 Å². The van der Waals surface area contributed by atoms with Crippen molar-refractivity contribution in [2.24, 2.45) is 11.8 Å². The molecule has 1 spiro atoms. The molecule has 1 aliphatic carbocycles. The molecule has 3 N–H and O–H groups in total. The molecule has 8 heteroatoms. The van der Waals surface area contributed by atoms with Crippen LogP contribution < -0.4 is 5.32 Å². The molecular weight excluding hydrogens is 438 g/mol. The van der Waals surface area contributed by atoms with Crippen LogP contribution in [-0.4, -0.2) is 69.9 Å². The molecule has 3 heterocycles. The predicted molar refractivity (Wildman–Crippen MR) is 125 cm³/mol. The topological polar surface area (TPSA) is 121 Å². The molecule has 10 atom stereocenters. The van der Waals surface area contributed by atoms with Gasteiger partial charge < -0.3 is 29.7 Å². The number of rotatable bonds is 12. The number of aliphatic hydroxyl groups is 2. The van der Waals surface area contributed by atoms with E-state index in [0.29, 0.717) is 18.3 Å². The number of ether oxygens (including phenoxy) is 3. The Morgan fingerprint density at radius 2 is 1.79 bits per heavy atom. The SMILES string of the molecule is CCCCCCC(C)CC(C)/C=C/C(=O)N[C@H]1CC2(O[C@H]1O)[C@@H]1O[C@@H]1C(O)(CC(C)=O)[C@@H]1O[C@@H]12. The molecule has 3 aliphatic heterocycles. The van der Waals surface area contributed by atoms with Crippen LogP contribution in [0, 0.1) is 11.8 Å². The number of aliphatic hydroxyl groups excluding tert-OH is 1. The van der Waals surface area contributed by atoms with Crippen molar-refractivity contribution >= 4 is 11.7 Å². The number of carbonyl (C=O) groups excluding carboxylic acids is 2. The summed E-state index contributed by atoms with van der Waals surface area (Å²) in [6.07, 6.45) is 7.87. The lowest BCUT2D eigenvalue weighted by Crippen LogP contribution is -2.57. The van der Waals surface area contributed by atoms with Crippen molar-refractivity contribution in [1.29, 1.82) is 0 Å². The summed E-state index contributed by atoms with van der Waals surface area (Å²) in [4.78, 5) is 24.2. The number of epoxide rings is 2. The second kappa shape index (κ2) is 9.97. The average Bonchev–Trinajstić information content (AvgIpc) is 3.66. The Kier molecular flexibility index (Phi) is 7.56. The van der Waals surface area contributed by atoms with Crippen LogP contribution in [0.5, 0.6) is 0 Å². The lowest BCUT2D eigenvalue weighted by molar-refractivity contribution is -0.161. The third kappa shape index (κ3) is 5.12. The molecule has 34 heavy (non-hydrogen) atoms. The van der Waals surface area contributed by atoms with E-state index in [4.69, 9.17) is 14.2 Å². The normalized spacial score (nSPS) is 41.7. The van der Waals surface area contributed by atoms with E-state index in [1.807, 2.05) is 6.08 Å². The molecule has 4 unspecified atom stereocenters. The molecule has 3 saturated heterocycles. The van der Waals surface area contributed by atoms with Gasteiger partial charge in [-0.15, -0.1) is 0 Å². The van der Waals surface area contributed by atoms with Crippen LogP contribution in [0.3, 0.4) is 0 Å². The van der Waals surface area contributed by atoms with Crippen LogP contribution in [0.1, 0.15) is 79.1 Å². The van der Waals surface area contributed by atoms with Gasteiger partial charge in [0.15, 0.2) is 6.29 Å². The van der Waals surface area contributed by atoms with Crippen molar-refractivity contribution < 1.29 is 34.0 Å². The summed E-state index contributed by atoms with van der Waals surface area (Å²) < 4.78 is 17.4. The molecular formula is C26H41NO7. The first-order valence-corrected chi connectivity index (χ1v) is 13.0. The van der Waals surface area contributed by atoms with Crippen molar-refractivity contribution in [3.05, 3.63) is 12.2 Å². The van der Waals surface area contributed by atoms with Crippen LogP contribution in [0.15, 0.2) is 12.2 Å².